The Morgan fingerprint density at radius 2 is 1.43 bits per heavy atom. The molecule has 0 saturated carbocycles. The van der Waals surface area contributed by atoms with Gasteiger partial charge in [-0.1, -0.05) is 6.07 Å². The Labute approximate surface area is 222 Å². The SMILES string of the molecule is COc1ccc(CCN2CCCC(CN3CCc4cc(OC)c(OC)cc4C3)C2)cc1OC.Cl.Cl. The van der Waals surface area contributed by atoms with Gasteiger partial charge in [-0.05, 0) is 79.1 Å². The Morgan fingerprint density at radius 3 is 2.11 bits per heavy atom. The van der Waals surface area contributed by atoms with Crippen molar-refractivity contribution in [2.75, 3.05) is 61.2 Å². The van der Waals surface area contributed by atoms with Crippen molar-refractivity contribution in [2.24, 2.45) is 5.92 Å². The zero-order valence-electron chi connectivity index (χ0n) is 21.4. The van der Waals surface area contributed by atoms with E-state index in [-0.39, 0.29) is 24.8 Å². The van der Waals surface area contributed by atoms with Gasteiger partial charge in [0.25, 0.3) is 0 Å². The molecule has 2 aliphatic rings. The molecular weight excluding hydrogens is 487 g/mol. The fourth-order valence-electron chi connectivity index (χ4n) is 5.29. The quantitative estimate of drug-likeness (QED) is 0.464. The number of benzene rings is 2. The van der Waals surface area contributed by atoms with Crippen LogP contribution < -0.4 is 18.9 Å². The molecular formula is C27H40Cl2N2O4. The zero-order chi connectivity index (χ0) is 23.2. The van der Waals surface area contributed by atoms with Crippen LogP contribution in [-0.4, -0.2) is 71.0 Å². The van der Waals surface area contributed by atoms with Crippen LogP contribution in [0.3, 0.4) is 0 Å². The highest BCUT2D eigenvalue weighted by atomic mass is 35.5. The summed E-state index contributed by atoms with van der Waals surface area (Å²) in [4.78, 5) is 5.26. The minimum Gasteiger partial charge on any atom is -0.493 e. The fraction of sp³-hybridized carbons (Fsp3) is 0.556. The number of likely N-dealkylation sites (tertiary alicyclic amines) is 1. The molecule has 1 unspecified atom stereocenters. The van der Waals surface area contributed by atoms with Crippen molar-refractivity contribution < 1.29 is 18.9 Å². The minimum absolute atomic E-state index is 0. The normalized spacial score (nSPS) is 18.0. The first-order valence-electron chi connectivity index (χ1n) is 12.0. The van der Waals surface area contributed by atoms with Gasteiger partial charge in [-0.2, -0.15) is 0 Å². The van der Waals surface area contributed by atoms with E-state index in [1.54, 1.807) is 28.4 Å². The second kappa shape index (κ2) is 14.0. The minimum atomic E-state index is 0. The van der Waals surface area contributed by atoms with Crippen LogP contribution in [0.1, 0.15) is 29.5 Å². The summed E-state index contributed by atoms with van der Waals surface area (Å²) >= 11 is 0. The highest BCUT2D eigenvalue weighted by Crippen LogP contribution is 2.34. The van der Waals surface area contributed by atoms with E-state index in [0.29, 0.717) is 0 Å². The summed E-state index contributed by atoms with van der Waals surface area (Å²) < 4.78 is 21.8. The molecule has 1 atom stereocenters. The van der Waals surface area contributed by atoms with E-state index in [0.717, 1.165) is 61.4 Å². The lowest BCUT2D eigenvalue weighted by Gasteiger charge is -2.37. The molecule has 1 saturated heterocycles. The van der Waals surface area contributed by atoms with E-state index in [1.807, 2.05) is 6.07 Å². The topological polar surface area (TPSA) is 43.4 Å². The fourth-order valence-corrected chi connectivity index (χ4v) is 5.29. The van der Waals surface area contributed by atoms with Crippen molar-refractivity contribution >= 4 is 24.8 Å². The predicted octanol–water partition coefficient (Wildman–Crippen LogP) is 4.88. The van der Waals surface area contributed by atoms with Crippen LogP contribution in [0, 0.1) is 5.92 Å². The molecule has 0 aliphatic carbocycles. The largest absolute Gasteiger partial charge is 0.493 e. The molecule has 0 amide bonds. The summed E-state index contributed by atoms with van der Waals surface area (Å²) in [6, 6.07) is 10.6. The average Bonchev–Trinajstić information content (AvgIpc) is 2.86. The third kappa shape index (κ3) is 7.32. The van der Waals surface area contributed by atoms with E-state index >= 15 is 0 Å². The molecule has 8 heteroatoms. The number of nitrogens with zero attached hydrogens (tertiary/aromatic N) is 2. The number of rotatable bonds is 9. The number of hydrogen-bond acceptors (Lipinski definition) is 6. The Balaban J connectivity index is 0.00000216. The van der Waals surface area contributed by atoms with Crippen molar-refractivity contribution in [3.63, 3.8) is 0 Å². The molecule has 6 nitrogen and oxygen atoms in total. The number of piperidine rings is 1. The van der Waals surface area contributed by atoms with Gasteiger partial charge >= 0.3 is 0 Å². The Morgan fingerprint density at radius 1 is 0.771 bits per heavy atom. The summed E-state index contributed by atoms with van der Waals surface area (Å²) in [6.45, 7) is 6.75. The molecule has 2 aliphatic heterocycles. The third-order valence-corrected chi connectivity index (χ3v) is 7.08. The monoisotopic (exact) mass is 526 g/mol. The Bertz CT molecular complexity index is 944. The van der Waals surface area contributed by atoms with Crippen LogP contribution in [-0.2, 0) is 19.4 Å². The van der Waals surface area contributed by atoms with Crippen molar-refractivity contribution in [3.05, 3.63) is 47.0 Å². The highest BCUT2D eigenvalue weighted by molar-refractivity contribution is 5.85. The lowest BCUT2D eigenvalue weighted by Crippen LogP contribution is -2.43. The van der Waals surface area contributed by atoms with E-state index in [4.69, 9.17) is 18.9 Å². The molecule has 2 aromatic carbocycles. The Kier molecular flexibility index (Phi) is 11.8. The van der Waals surface area contributed by atoms with Crippen molar-refractivity contribution in [1.82, 2.24) is 9.80 Å². The van der Waals surface area contributed by atoms with Crippen LogP contribution in [0.25, 0.3) is 0 Å². The number of hydrogen-bond donors (Lipinski definition) is 0. The van der Waals surface area contributed by atoms with E-state index < -0.39 is 0 Å². The molecule has 1 fully saturated rings. The number of ether oxygens (including phenoxy) is 4. The molecule has 35 heavy (non-hydrogen) atoms. The van der Waals surface area contributed by atoms with Gasteiger partial charge in [-0.3, -0.25) is 4.90 Å². The molecule has 0 N–H and O–H groups in total. The van der Waals surface area contributed by atoms with Crippen LogP contribution in [0.2, 0.25) is 0 Å². The maximum absolute atomic E-state index is 5.53. The van der Waals surface area contributed by atoms with Crippen LogP contribution in [0.15, 0.2) is 30.3 Å². The second-order valence-electron chi connectivity index (χ2n) is 9.21. The molecule has 0 bridgehead atoms. The van der Waals surface area contributed by atoms with E-state index in [1.165, 1.54) is 49.2 Å². The lowest BCUT2D eigenvalue weighted by atomic mass is 9.94. The molecule has 4 rings (SSSR count). The summed E-state index contributed by atoms with van der Waals surface area (Å²) in [5.74, 6) is 4.00. The maximum Gasteiger partial charge on any atom is 0.161 e. The van der Waals surface area contributed by atoms with Gasteiger partial charge in [0.1, 0.15) is 0 Å². The summed E-state index contributed by atoms with van der Waals surface area (Å²) in [6.07, 6.45) is 4.71. The van der Waals surface area contributed by atoms with Crippen molar-refractivity contribution in [1.29, 1.82) is 0 Å². The summed E-state index contributed by atoms with van der Waals surface area (Å²) in [5.41, 5.74) is 4.07. The predicted molar refractivity (Wildman–Crippen MR) is 145 cm³/mol. The molecule has 0 radical (unpaired) electrons. The summed E-state index contributed by atoms with van der Waals surface area (Å²) in [7, 11) is 6.80. The number of halogens is 2. The van der Waals surface area contributed by atoms with Gasteiger partial charge in [-0.15, -0.1) is 24.8 Å². The van der Waals surface area contributed by atoms with E-state index in [9.17, 15) is 0 Å². The lowest BCUT2D eigenvalue weighted by molar-refractivity contribution is 0.127. The Hall–Kier alpha value is -1.86. The molecule has 2 aromatic rings. The first kappa shape index (κ1) is 29.4. The van der Waals surface area contributed by atoms with Gasteiger partial charge in [0, 0.05) is 32.7 Å². The summed E-state index contributed by atoms with van der Waals surface area (Å²) in [5, 5.41) is 0. The average molecular weight is 528 g/mol. The van der Waals surface area contributed by atoms with Gasteiger partial charge in [0.05, 0.1) is 28.4 Å². The first-order valence-corrected chi connectivity index (χ1v) is 12.0. The van der Waals surface area contributed by atoms with Gasteiger partial charge in [0.15, 0.2) is 23.0 Å². The maximum atomic E-state index is 5.53. The van der Waals surface area contributed by atoms with Crippen molar-refractivity contribution in [2.45, 2.75) is 32.2 Å². The third-order valence-electron chi connectivity index (χ3n) is 7.08. The molecule has 0 spiro atoms. The standard InChI is InChI=1S/C27H38N2O4.2ClH/c1-30-24-8-7-20(14-25(24)31-2)9-12-28-11-5-6-21(17-28)18-29-13-10-22-15-26(32-3)27(33-4)16-23(22)19-29;;/h7-8,14-16,21H,5-6,9-13,17-19H2,1-4H3;2*1H. The van der Waals surface area contributed by atoms with Gasteiger partial charge < -0.3 is 23.8 Å². The van der Waals surface area contributed by atoms with Crippen LogP contribution in [0.5, 0.6) is 23.0 Å². The smallest absolute Gasteiger partial charge is 0.161 e. The zero-order valence-corrected chi connectivity index (χ0v) is 23.0. The van der Waals surface area contributed by atoms with Crippen LogP contribution in [0.4, 0.5) is 0 Å². The highest BCUT2D eigenvalue weighted by Gasteiger charge is 2.25. The number of fused-ring (bicyclic) bond motifs is 1. The first-order chi connectivity index (χ1) is 16.1. The molecule has 2 heterocycles. The molecule has 196 valence electrons. The van der Waals surface area contributed by atoms with Crippen LogP contribution >= 0.6 is 24.8 Å². The number of methoxy groups -OCH3 is 4. The van der Waals surface area contributed by atoms with Gasteiger partial charge in [-0.25, -0.2) is 0 Å². The molecule has 0 aromatic heterocycles. The van der Waals surface area contributed by atoms with Crippen molar-refractivity contribution in [3.8, 4) is 23.0 Å². The van der Waals surface area contributed by atoms with Gasteiger partial charge in [0.2, 0.25) is 0 Å². The van der Waals surface area contributed by atoms with E-state index in [2.05, 4.69) is 34.1 Å². The second-order valence-corrected chi connectivity index (χ2v) is 9.21.